The Bertz CT molecular complexity index is 498. The molecule has 5 heteroatoms. The summed E-state index contributed by atoms with van der Waals surface area (Å²) in [6, 6.07) is 5.02. The lowest BCUT2D eigenvalue weighted by Gasteiger charge is -2.06. The third-order valence-electron chi connectivity index (χ3n) is 2.02. The molecule has 0 radical (unpaired) electrons. The van der Waals surface area contributed by atoms with E-state index in [2.05, 4.69) is 15.3 Å². The number of pyridine rings is 2. The van der Waals surface area contributed by atoms with Crippen molar-refractivity contribution in [2.75, 3.05) is 11.1 Å². The van der Waals surface area contributed by atoms with Gasteiger partial charge in [0.2, 0.25) is 0 Å². The van der Waals surface area contributed by atoms with Crippen molar-refractivity contribution in [1.82, 2.24) is 9.97 Å². The first-order valence-electron chi connectivity index (χ1n) is 4.68. The number of nitrogens with two attached hydrogens (primary N) is 1. The van der Waals surface area contributed by atoms with Gasteiger partial charge in [-0.3, -0.25) is 14.8 Å². The van der Waals surface area contributed by atoms with Crippen molar-refractivity contribution in [2.45, 2.75) is 0 Å². The summed E-state index contributed by atoms with van der Waals surface area (Å²) in [7, 11) is 0. The number of hydrogen-bond acceptors (Lipinski definition) is 4. The number of anilines is 2. The molecule has 0 aliphatic heterocycles. The van der Waals surface area contributed by atoms with Gasteiger partial charge < -0.3 is 11.1 Å². The highest BCUT2D eigenvalue weighted by molar-refractivity contribution is 6.05. The normalized spacial score (nSPS) is 9.75. The summed E-state index contributed by atoms with van der Waals surface area (Å²) in [5, 5.41) is 2.68. The molecule has 0 saturated carbocycles. The summed E-state index contributed by atoms with van der Waals surface area (Å²) in [5.41, 5.74) is 7.11. The summed E-state index contributed by atoms with van der Waals surface area (Å²) in [6.07, 6.45) is 6.15. The molecule has 0 atom stereocenters. The molecule has 0 aliphatic carbocycles. The van der Waals surface area contributed by atoms with Gasteiger partial charge in [0.15, 0.2) is 0 Å². The van der Waals surface area contributed by atoms with Gasteiger partial charge in [0.05, 0.1) is 23.1 Å². The lowest BCUT2D eigenvalue weighted by atomic mass is 10.2. The van der Waals surface area contributed by atoms with Crippen LogP contribution in [-0.2, 0) is 0 Å². The zero-order chi connectivity index (χ0) is 11.4. The molecular weight excluding hydrogens is 204 g/mol. The van der Waals surface area contributed by atoms with E-state index < -0.39 is 0 Å². The van der Waals surface area contributed by atoms with Crippen molar-refractivity contribution in [1.29, 1.82) is 0 Å². The van der Waals surface area contributed by atoms with Crippen LogP contribution in [-0.4, -0.2) is 15.9 Å². The quantitative estimate of drug-likeness (QED) is 0.789. The number of nitrogens with one attached hydrogen (secondary N) is 1. The van der Waals surface area contributed by atoms with Gasteiger partial charge in [-0.15, -0.1) is 0 Å². The van der Waals surface area contributed by atoms with E-state index in [4.69, 9.17) is 5.73 Å². The van der Waals surface area contributed by atoms with E-state index >= 15 is 0 Å². The van der Waals surface area contributed by atoms with E-state index in [-0.39, 0.29) is 5.91 Å². The fourth-order valence-corrected chi connectivity index (χ4v) is 1.21. The van der Waals surface area contributed by atoms with Crippen molar-refractivity contribution in [3.8, 4) is 0 Å². The summed E-state index contributed by atoms with van der Waals surface area (Å²) < 4.78 is 0. The maximum absolute atomic E-state index is 11.7. The summed E-state index contributed by atoms with van der Waals surface area (Å²) in [6.45, 7) is 0. The first-order chi connectivity index (χ1) is 7.77. The zero-order valence-electron chi connectivity index (χ0n) is 8.42. The minimum absolute atomic E-state index is 0.244. The molecule has 0 aromatic carbocycles. The highest BCUT2D eigenvalue weighted by atomic mass is 16.1. The smallest absolute Gasteiger partial charge is 0.257 e. The molecule has 0 aliphatic rings. The Balaban J connectivity index is 2.18. The maximum atomic E-state index is 11.7. The molecule has 3 N–H and O–H groups in total. The van der Waals surface area contributed by atoms with Gasteiger partial charge in [-0.05, 0) is 18.2 Å². The van der Waals surface area contributed by atoms with Crippen LogP contribution >= 0.6 is 0 Å². The number of nitrogen functional groups attached to an aromatic ring is 1. The van der Waals surface area contributed by atoms with Gasteiger partial charge in [-0.1, -0.05) is 0 Å². The van der Waals surface area contributed by atoms with Crippen molar-refractivity contribution in [3.63, 3.8) is 0 Å². The molecule has 2 aromatic rings. The Hall–Kier alpha value is -2.43. The maximum Gasteiger partial charge on any atom is 0.257 e. The van der Waals surface area contributed by atoms with Crippen LogP contribution in [0.5, 0.6) is 0 Å². The average molecular weight is 214 g/mol. The summed E-state index contributed by atoms with van der Waals surface area (Å²) in [4.78, 5) is 19.4. The molecule has 2 rings (SSSR count). The zero-order valence-corrected chi connectivity index (χ0v) is 8.42. The summed E-state index contributed by atoms with van der Waals surface area (Å²) in [5.74, 6) is -0.244. The van der Waals surface area contributed by atoms with Gasteiger partial charge in [-0.25, -0.2) is 0 Å². The van der Waals surface area contributed by atoms with Crippen molar-refractivity contribution in [2.24, 2.45) is 0 Å². The first-order valence-corrected chi connectivity index (χ1v) is 4.68. The molecule has 0 unspecified atom stereocenters. The van der Waals surface area contributed by atoms with Crippen LogP contribution in [0.2, 0.25) is 0 Å². The van der Waals surface area contributed by atoms with Crippen LogP contribution < -0.4 is 11.1 Å². The molecule has 2 heterocycles. The van der Waals surface area contributed by atoms with Gasteiger partial charge in [-0.2, -0.15) is 0 Å². The Labute approximate surface area is 92.3 Å². The first kappa shape index (κ1) is 10.1. The second-order valence-electron chi connectivity index (χ2n) is 3.16. The Morgan fingerprint density at radius 2 is 2.00 bits per heavy atom. The van der Waals surface area contributed by atoms with Gasteiger partial charge >= 0.3 is 0 Å². The Morgan fingerprint density at radius 3 is 2.69 bits per heavy atom. The van der Waals surface area contributed by atoms with E-state index in [0.717, 1.165) is 0 Å². The number of amides is 1. The third-order valence-corrected chi connectivity index (χ3v) is 2.02. The van der Waals surface area contributed by atoms with E-state index in [1.165, 1.54) is 12.4 Å². The van der Waals surface area contributed by atoms with Gasteiger partial charge in [0, 0.05) is 18.6 Å². The highest BCUT2D eigenvalue weighted by Crippen LogP contribution is 2.15. The molecule has 0 spiro atoms. The summed E-state index contributed by atoms with van der Waals surface area (Å²) >= 11 is 0. The van der Waals surface area contributed by atoms with Crippen LogP contribution in [0.15, 0.2) is 43.0 Å². The molecule has 0 fully saturated rings. The molecule has 2 aromatic heterocycles. The molecule has 1 amide bonds. The van der Waals surface area contributed by atoms with Crippen molar-refractivity contribution >= 4 is 17.3 Å². The van der Waals surface area contributed by atoms with Gasteiger partial charge in [0.25, 0.3) is 5.91 Å². The van der Waals surface area contributed by atoms with E-state index in [0.29, 0.717) is 16.9 Å². The van der Waals surface area contributed by atoms with Gasteiger partial charge in [0.1, 0.15) is 0 Å². The molecular formula is C11H10N4O. The van der Waals surface area contributed by atoms with E-state index in [1.807, 2.05) is 0 Å². The van der Waals surface area contributed by atoms with E-state index in [1.54, 1.807) is 30.6 Å². The largest absolute Gasteiger partial charge is 0.396 e. The van der Waals surface area contributed by atoms with Crippen molar-refractivity contribution < 1.29 is 4.79 Å². The number of carbonyl (C=O) groups excluding carboxylic acids is 1. The fraction of sp³-hybridized carbons (Fsp3) is 0. The molecule has 0 bridgehead atoms. The average Bonchev–Trinajstić information content (AvgIpc) is 2.33. The minimum atomic E-state index is -0.244. The monoisotopic (exact) mass is 214 g/mol. The molecule has 5 nitrogen and oxygen atoms in total. The Kier molecular flexibility index (Phi) is 2.77. The predicted octanol–water partition coefficient (Wildman–Crippen LogP) is 1.31. The van der Waals surface area contributed by atoms with Crippen LogP contribution in [0.4, 0.5) is 11.4 Å². The topological polar surface area (TPSA) is 80.9 Å². The Morgan fingerprint density at radius 1 is 1.19 bits per heavy atom. The van der Waals surface area contributed by atoms with Crippen LogP contribution in [0.25, 0.3) is 0 Å². The second kappa shape index (κ2) is 4.39. The molecule has 16 heavy (non-hydrogen) atoms. The molecule has 80 valence electrons. The number of carbonyl (C=O) groups is 1. The number of aromatic nitrogens is 2. The number of rotatable bonds is 2. The third kappa shape index (κ3) is 2.14. The number of hydrogen-bond donors (Lipinski definition) is 2. The number of nitrogens with zero attached hydrogens (tertiary/aromatic N) is 2. The fourth-order valence-electron chi connectivity index (χ4n) is 1.21. The van der Waals surface area contributed by atoms with Crippen LogP contribution in [0, 0.1) is 0 Å². The predicted molar refractivity (Wildman–Crippen MR) is 60.8 cm³/mol. The van der Waals surface area contributed by atoms with Crippen LogP contribution in [0.3, 0.4) is 0 Å². The lowest BCUT2D eigenvalue weighted by Crippen LogP contribution is -2.13. The van der Waals surface area contributed by atoms with E-state index in [9.17, 15) is 4.79 Å². The standard InChI is InChI=1S/C11H10N4O/c12-9-7-14-5-3-10(9)15-11(16)8-2-1-4-13-6-8/h1-7H,12H2,(H,14,15,16). The molecule has 0 saturated heterocycles. The highest BCUT2D eigenvalue weighted by Gasteiger charge is 2.07. The second-order valence-corrected chi connectivity index (χ2v) is 3.16. The van der Waals surface area contributed by atoms with Crippen LogP contribution in [0.1, 0.15) is 10.4 Å². The SMILES string of the molecule is Nc1cnccc1NC(=O)c1cccnc1. The van der Waals surface area contributed by atoms with Crippen molar-refractivity contribution in [3.05, 3.63) is 48.5 Å². The lowest BCUT2D eigenvalue weighted by molar-refractivity contribution is 0.102. The minimum Gasteiger partial charge on any atom is -0.396 e.